The van der Waals surface area contributed by atoms with Gasteiger partial charge in [0.2, 0.25) is 11.8 Å². The number of ether oxygens (including phenoxy) is 1. The Morgan fingerprint density at radius 2 is 2.08 bits per heavy atom. The van der Waals surface area contributed by atoms with E-state index in [0.29, 0.717) is 22.0 Å². The molecule has 0 saturated heterocycles. The number of nitrogens with zero attached hydrogens (tertiary/aromatic N) is 2. The first-order valence-electron chi connectivity index (χ1n) is 8.39. The average molecular weight is 388 g/mol. The lowest BCUT2D eigenvalue weighted by Gasteiger charge is -2.37. The van der Waals surface area contributed by atoms with E-state index in [-0.39, 0.29) is 11.8 Å². The summed E-state index contributed by atoms with van der Waals surface area (Å²) in [4.78, 5) is 21.8. The van der Waals surface area contributed by atoms with Gasteiger partial charge in [0.05, 0.1) is 12.0 Å². The molecule has 0 saturated carbocycles. The number of halogens is 1. The fraction of sp³-hybridized carbons (Fsp3) is 0.316. The second kappa shape index (κ2) is 6.59. The van der Waals surface area contributed by atoms with Crippen LogP contribution in [0.4, 0.5) is 0 Å². The van der Waals surface area contributed by atoms with Crippen molar-refractivity contribution in [2.45, 2.75) is 19.8 Å². The number of amides is 1. The molecular formula is C19H18ClN3O2S. The van der Waals surface area contributed by atoms with E-state index in [2.05, 4.69) is 15.3 Å². The molecule has 2 aromatic rings. The monoisotopic (exact) mass is 387 g/mol. The number of thioether (sulfide) groups is 1. The number of rotatable bonds is 2. The predicted octanol–water partition coefficient (Wildman–Crippen LogP) is 4.22. The largest absolute Gasteiger partial charge is 0.438 e. The van der Waals surface area contributed by atoms with Gasteiger partial charge in [-0.25, -0.2) is 4.98 Å². The summed E-state index contributed by atoms with van der Waals surface area (Å²) < 4.78 is 5.94. The zero-order chi connectivity index (χ0) is 18.3. The quantitative estimate of drug-likeness (QED) is 0.783. The number of carbonyl (C=O) groups is 1. The molecule has 1 N–H and O–H groups in total. The number of hydrogen-bond acceptors (Lipinski definition) is 5. The minimum Gasteiger partial charge on any atom is -0.438 e. The van der Waals surface area contributed by atoms with E-state index in [1.165, 1.54) is 0 Å². The van der Waals surface area contributed by atoms with Crippen molar-refractivity contribution < 1.29 is 9.53 Å². The first-order valence-corrected chi connectivity index (χ1v) is 9.75. The van der Waals surface area contributed by atoms with Crippen molar-refractivity contribution in [3.63, 3.8) is 0 Å². The van der Waals surface area contributed by atoms with Crippen molar-refractivity contribution >= 4 is 34.4 Å². The van der Waals surface area contributed by atoms with E-state index in [9.17, 15) is 4.79 Å². The summed E-state index contributed by atoms with van der Waals surface area (Å²) in [5.41, 5.74) is 1.08. The third-order valence-corrected chi connectivity index (χ3v) is 5.82. The molecule has 26 heavy (non-hydrogen) atoms. The van der Waals surface area contributed by atoms with Crippen LogP contribution in [0.25, 0.3) is 0 Å². The Hall–Kier alpha value is -2.05. The molecular weight excluding hydrogens is 370 g/mol. The zero-order valence-corrected chi connectivity index (χ0v) is 16.0. The summed E-state index contributed by atoms with van der Waals surface area (Å²) >= 11 is 7.62. The number of fused-ring (bicyclic) bond motifs is 2. The molecule has 0 spiro atoms. The Kier molecular flexibility index (Phi) is 4.40. The summed E-state index contributed by atoms with van der Waals surface area (Å²) in [7, 11) is 0. The lowest BCUT2D eigenvalue weighted by molar-refractivity contribution is -0.128. The lowest BCUT2D eigenvalue weighted by Crippen LogP contribution is -2.43. The van der Waals surface area contributed by atoms with Gasteiger partial charge in [-0.2, -0.15) is 0 Å². The molecule has 1 unspecified atom stereocenters. The predicted molar refractivity (Wildman–Crippen MR) is 104 cm³/mol. The fourth-order valence-electron chi connectivity index (χ4n) is 3.39. The molecule has 2 aliphatic rings. The maximum absolute atomic E-state index is 13.1. The molecule has 5 nitrogen and oxygen atoms in total. The number of aromatic nitrogens is 1. The zero-order valence-electron chi connectivity index (χ0n) is 14.5. The summed E-state index contributed by atoms with van der Waals surface area (Å²) in [6, 6.07) is 11.4. The summed E-state index contributed by atoms with van der Waals surface area (Å²) in [6.07, 6.45) is 0. The van der Waals surface area contributed by atoms with Crippen LogP contribution >= 0.6 is 23.4 Å². The summed E-state index contributed by atoms with van der Waals surface area (Å²) in [5, 5.41) is 4.03. The van der Waals surface area contributed by atoms with Gasteiger partial charge in [0, 0.05) is 22.8 Å². The molecule has 134 valence electrons. The first kappa shape index (κ1) is 17.4. The molecule has 1 amide bonds. The number of carbonyl (C=O) groups excluding carboxylic acids is 1. The van der Waals surface area contributed by atoms with Gasteiger partial charge in [-0.3, -0.25) is 9.79 Å². The SMILES string of the molecule is CC(C)(C(=O)NC1=NCCS1)C1c2ccccc2Oc2nc(Cl)ccc21. The van der Waals surface area contributed by atoms with Gasteiger partial charge in [0.1, 0.15) is 10.9 Å². The van der Waals surface area contributed by atoms with Gasteiger partial charge >= 0.3 is 0 Å². The Morgan fingerprint density at radius 1 is 1.27 bits per heavy atom. The Labute approximate surface area is 161 Å². The van der Waals surface area contributed by atoms with Crippen LogP contribution in [0.15, 0.2) is 41.4 Å². The topological polar surface area (TPSA) is 63.6 Å². The molecule has 3 heterocycles. The maximum Gasteiger partial charge on any atom is 0.232 e. The Morgan fingerprint density at radius 3 is 2.85 bits per heavy atom. The van der Waals surface area contributed by atoms with E-state index in [4.69, 9.17) is 16.3 Å². The van der Waals surface area contributed by atoms with Crippen molar-refractivity contribution in [3.05, 3.63) is 52.7 Å². The number of amidine groups is 1. The normalized spacial score (nSPS) is 18.4. The highest BCUT2D eigenvalue weighted by Gasteiger charge is 2.44. The van der Waals surface area contributed by atoms with E-state index < -0.39 is 5.41 Å². The van der Waals surface area contributed by atoms with Gasteiger partial charge < -0.3 is 10.1 Å². The Balaban J connectivity index is 1.78. The molecule has 1 aromatic heterocycles. The van der Waals surface area contributed by atoms with Gasteiger partial charge in [0.15, 0.2) is 5.17 Å². The van der Waals surface area contributed by atoms with Crippen LogP contribution in [0.3, 0.4) is 0 Å². The molecule has 1 atom stereocenters. The van der Waals surface area contributed by atoms with Crippen molar-refractivity contribution in [2.24, 2.45) is 10.4 Å². The second-order valence-corrected chi connectivity index (χ2v) is 8.28. The maximum atomic E-state index is 13.1. The molecule has 7 heteroatoms. The van der Waals surface area contributed by atoms with Crippen LogP contribution in [-0.2, 0) is 4.79 Å². The molecule has 0 radical (unpaired) electrons. The molecule has 0 bridgehead atoms. The molecule has 1 aromatic carbocycles. The van der Waals surface area contributed by atoms with E-state index >= 15 is 0 Å². The highest BCUT2D eigenvalue weighted by Crippen LogP contribution is 2.51. The van der Waals surface area contributed by atoms with Crippen molar-refractivity contribution in [1.82, 2.24) is 10.3 Å². The van der Waals surface area contributed by atoms with Gasteiger partial charge in [0.25, 0.3) is 0 Å². The van der Waals surface area contributed by atoms with Crippen LogP contribution in [-0.4, -0.2) is 28.4 Å². The molecule has 4 rings (SSSR count). The van der Waals surface area contributed by atoms with Crippen LogP contribution in [0, 0.1) is 5.41 Å². The van der Waals surface area contributed by atoms with Crippen molar-refractivity contribution in [3.8, 4) is 11.6 Å². The van der Waals surface area contributed by atoms with Gasteiger partial charge in [-0.15, -0.1) is 0 Å². The van der Waals surface area contributed by atoms with Crippen LogP contribution < -0.4 is 10.1 Å². The third kappa shape index (κ3) is 2.97. The minimum atomic E-state index is -0.740. The van der Waals surface area contributed by atoms with E-state index in [1.807, 2.05) is 44.2 Å². The number of pyridine rings is 1. The van der Waals surface area contributed by atoms with Crippen LogP contribution in [0.2, 0.25) is 5.15 Å². The molecule has 2 aliphatic heterocycles. The smallest absolute Gasteiger partial charge is 0.232 e. The summed E-state index contributed by atoms with van der Waals surface area (Å²) in [6.45, 7) is 4.62. The van der Waals surface area contributed by atoms with E-state index in [1.54, 1.807) is 17.8 Å². The second-order valence-electron chi connectivity index (χ2n) is 6.81. The standard InChI is InChI=1S/C19H18ClN3O2S/c1-19(2,17(24)23-18-21-9-10-26-18)15-11-5-3-4-6-13(11)25-16-12(15)7-8-14(20)22-16/h3-8,15H,9-10H2,1-2H3,(H,21,23,24). The molecule has 0 aliphatic carbocycles. The number of para-hydroxylation sites is 1. The highest BCUT2D eigenvalue weighted by atomic mass is 35.5. The van der Waals surface area contributed by atoms with Gasteiger partial charge in [-0.05, 0) is 18.2 Å². The van der Waals surface area contributed by atoms with Crippen molar-refractivity contribution in [1.29, 1.82) is 0 Å². The van der Waals surface area contributed by atoms with Crippen molar-refractivity contribution in [2.75, 3.05) is 12.3 Å². The molecule has 0 fully saturated rings. The summed E-state index contributed by atoms with van der Waals surface area (Å²) in [5.74, 6) is 1.77. The van der Waals surface area contributed by atoms with Gasteiger partial charge in [-0.1, -0.05) is 55.4 Å². The van der Waals surface area contributed by atoms with E-state index in [0.717, 1.165) is 23.4 Å². The first-order chi connectivity index (χ1) is 12.5. The number of aliphatic imine (C=N–C) groups is 1. The number of benzene rings is 1. The lowest BCUT2D eigenvalue weighted by atomic mass is 9.70. The number of hydrogen-bond donors (Lipinski definition) is 1. The minimum absolute atomic E-state index is 0.0757. The number of nitrogens with one attached hydrogen (secondary N) is 1. The average Bonchev–Trinajstić information content (AvgIpc) is 3.12. The highest BCUT2D eigenvalue weighted by molar-refractivity contribution is 8.14. The fourth-order valence-corrected chi connectivity index (χ4v) is 4.25. The van der Waals surface area contributed by atoms with Crippen LogP contribution in [0.5, 0.6) is 11.6 Å². The van der Waals surface area contributed by atoms with Crippen LogP contribution in [0.1, 0.15) is 30.9 Å². The Bertz CT molecular complexity index is 913. The third-order valence-electron chi connectivity index (χ3n) is 4.72.